The molecule has 0 fully saturated rings. The lowest BCUT2D eigenvalue weighted by atomic mass is 10.0. The van der Waals surface area contributed by atoms with Crippen molar-refractivity contribution in [2.45, 2.75) is 25.8 Å². The second kappa shape index (κ2) is 13.0. The number of amidine groups is 1. The van der Waals surface area contributed by atoms with Crippen LogP contribution in [0, 0.1) is 15.5 Å². The standard InChI is InChI=1S/C32H28N4O4.ClH/c33-30(34-20-19-24-13-17-27(18-14-24)36(39)40)26-15-11-23(12-16-26)6-5-22-7-9-25(10-8-22)21-35-31(37)28-3-1-2-4-29(28)32(35)38;/h1-4,7-18H,5-6,19-21H2,(H2,33,34);1H. The third-order valence-electron chi connectivity index (χ3n) is 7.05. The monoisotopic (exact) mass is 568 g/mol. The highest BCUT2D eigenvalue weighted by Gasteiger charge is 2.34. The van der Waals surface area contributed by atoms with Crippen LogP contribution in [-0.2, 0) is 25.8 Å². The van der Waals surface area contributed by atoms with Crippen molar-refractivity contribution >= 4 is 35.7 Å². The smallest absolute Gasteiger partial charge is 0.269 e. The molecule has 8 nitrogen and oxygen atoms in total. The van der Waals surface area contributed by atoms with Gasteiger partial charge in [0.1, 0.15) is 5.84 Å². The van der Waals surface area contributed by atoms with Crippen molar-refractivity contribution in [1.82, 2.24) is 10.2 Å². The van der Waals surface area contributed by atoms with Gasteiger partial charge in [-0.1, -0.05) is 72.8 Å². The number of benzene rings is 4. The Morgan fingerprint density at radius 3 is 1.71 bits per heavy atom. The van der Waals surface area contributed by atoms with Gasteiger partial charge in [0.25, 0.3) is 17.5 Å². The van der Waals surface area contributed by atoms with Gasteiger partial charge in [0, 0.05) is 24.2 Å². The number of halogens is 1. The molecule has 1 aliphatic rings. The van der Waals surface area contributed by atoms with E-state index in [2.05, 4.69) is 5.32 Å². The molecule has 208 valence electrons. The number of imide groups is 1. The van der Waals surface area contributed by atoms with E-state index in [1.165, 1.54) is 17.0 Å². The summed E-state index contributed by atoms with van der Waals surface area (Å²) < 4.78 is 0. The molecule has 2 N–H and O–H groups in total. The zero-order valence-corrected chi connectivity index (χ0v) is 23.0. The van der Waals surface area contributed by atoms with E-state index in [0.29, 0.717) is 29.9 Å². The van der Waals surface area contributed by atoms with Crippen LogP contribution in [0.5, 0.6) is 0 Å². The Bertz CT molecular complexity index is 1530. The van der Waals surface area contributed by atoms with Crippen molar-refractivity contribution in [2.24, 2.45) is 0 Å². The van der Waals surface area contributed by atoms with E-state index in [1.54, 1.807) is 36.4 Å². The molecule has 41 heavy (non-hydrogen) atoms. The summed E-state index contributed by atoms with van der Waals surface area (Å²) in [5.74, 6) is -0.163. The van der Waals surface area contributed by atoms with E-state index in [-0.39, 0.29) is 36.5 Å². The van der Waals surface area contributed by atoms with E-state index < -0.39 is 4.92 Å². The summed E-state index contributed by atoms with van der Waals surface area (Å²) in [4.78, 5) is 36.9. The quantitative estimate of drug-likeness (QED) is 0.0830. The van der Waals surface area contributed by atoms with Crippen molar-refractivity contribution in [1.29, 1.82) is 5.41 Å². The first-order valence-electron chi connectivity index (χ1n) is 13.1. The van der Waals surface area contributed by atoms with Gasteiger partial charge < -0.3 is 5.32 Å². The number of nitrogens with zero attached hydrogens (tertiary/aromatic N) is 2. The van der Waals surface area contributed by atoms with Gasteiger partial charge in [0.05, 0.1) is 22.6 Å². The Labute approximate surface area is 244 Å². The van der Waals surface area contributed by atoms with Crippen LogP contribution >= 0.6 is 12.4 Å². The van der Waals surface area contributed by atoms with Gasteiger partial charge in [-0.2, -0.15) is 0 Å². The van der Waals surface area contributed by atoms with Crippen LogP contribution in [0.3, 0.4) is 0 Å². The Morgan fingerprint density at radius 2 is 1.17 bits per heavy atom. The molecule has 9 heteroatoms. The zero-order chi connectivity index (χ0) is 28.1. The summed E-state index contributed by atoms with van der Waals surface area (Å²) in [5, 5.41) is 22.2. The number of carbonyl (C=O) groups is 2. The van der Waals surface area contributed by atoms with Gasteiger partial charge in [-0.3, -0.25) is 30.0 Å². The van der Waals surface area contributed by atoms with E-state index in [4.69, 9.17) is 5.41 Å². The van der Waals surface area contributed by atoms with Crippen molar-refractivity contribution in [3.05, 3.63) is 146 Å². The summed E-state index contributed by atoms with van der Waals surface area (Å²) in [6.45, 7) is 0.809. The first kappa shape index (κ1) is 29.2. The molecule has 0 atom stereocenters. The molecule has 4 aromatic carbocycles. The number of hydrogen-bond donors (Lipinski definition) is 2. The molecule has 1 aliphatic heterocycles. The normalized spacial score (nSPS) is 12.0. The zero-order valence-electron chi connectivity index (χ0n) is 22.2. The summed E-state index contributed by atoms with van der Waals surface area (Å²) in [6, 6.07) is 29.3. The molecule has 0 aromatic heterocycles. The molecule has 0 saturated heterocycles. The van der Waals surface area contributed by atoms with Gasteiger partial charge in [-0.05, 0) is 53.6 Å². The van der Waals surface area contributed by atoms with E-state index in [1.807, 2.05) is 48.5 Å². The molecule has 4 aromatic rings. The Kier molecular flexibility index (Phi) is 9.26. The predicted molar refractivity (Wildman–Crippen MR) is 160 cm³/mol. The number of non-ortho nitro benzene ring substituents is 1. The number of carbonyl (C=O) groups excluding carboxylic acids is 2. The Hall–Kier alpha value is -4.82. The third kappa shape index (κ3) is 6.85. The van der Waals surface area contributed by atoms with Crippen LogP contribution in [0.15, 0.2) is 97.1 Å². The topological polar surface area (TPSA) is 116 Å². The maximum absolute atomic E-state index is 12.6. The van der Waals surface area contributed by atoms with Crippen LogP contribution in [0.25, 0.3) is 0 Å². The average Bonchev–Trinajstić information content (AvgIpc) is 3.22. The van der Waals surface area contributed by atoms with Gasteiger partial charge in [0.2, 0.25) is 0 Å². The molecule has 0 aliphatic carbocycles. The van der Waals surface area contributed by atoms with Gasteiger partial charge in [0.15, 0.2) is 0 Å². The number of nitrogens with one attached hydrogen (secondary N) is 2. The molecule has 5 rings (SSSR count). The second-order valence-electron chi connectivity index (χ2n) is 9.73. The van der Waals surface area contributed by atoms with Crippen molar-refractivity contribution < 1.29 is 14.5 Å². The van der Waals surface area contributed by atoms with Crippen LogP contribution < -0.4 is 5.32 Å². The number of fused-ring (bicyclic) bond motifs is 1. The first-order valence-corrected chi connectivity index (χ1v) is 13.1. The summed E-state index contributed by atoms with van der Waals surface area (Å²) in [5.41, 5.74) is 5.99. The third-order valence-corrected chi connectivity index (χ3v) is 7.05. The van der Waals surface area contributed by atoms with E-state index in [0.717, 1.165) is 40.7 Å². The number of nitro benzene ring substituents is 1. The van der Waals surface area contributed by atoms with Crippen molar-refractivity contribution in [2.75, 3.05) is 6.54 Å². The average molecular weight is 569 g/mol. The molecular weight excluding hydrogens is 540 g/mol. The fourth-order valence-corrected chi connectivity index (χ4v) is 4.72. The second-order valence-corrected chi connectivity index (χ2v) is 9.73. The van der Waals surface area contributed by atoms with Crippen LogP contribution in [-0.4, -0.2) is 34.0 Å². The Morgan fingerprint density at radius 1 is 0.707 bits per heavy atom. The largest absolute Gasteiger partial charge is 0.370 e. The van der Waals surface area contributed by atoms with Crippen LogP contribution in [0.4, 0.5) is 5.69 Å². The summed E-state index contributed by atoms with van der Waals surface area (Å²) in [6.07, 6.45) is 2.35. The molecular formula is C32H29ClN4O4. The van der Waals surface area contributed by atoms with E-state index in [9.17, 15) is 19.7 Å². The van der Waals surface area contributed by atoms with Crippen LogP contribution in [0.2, 0.25) is 0 Å². The number of amides is 2. The number of nitro groups is 1. The molecule has 0 radical (unpaired) electrons. The van der Waals surface area contributed by atoms with Crippen molar-refractivity contribution in [3.8, 4) is 0 Å². The highest BCUT2D eigenvalue weighted by atomic mass is 35.5. The number of rotatable bonds is 10. The van der Waals surface area contributed by atoms with Crippen molar-refractivity contribution in [3.63, 3.8) is 0 Å². The number of aryl methyl sites for hydroxylation is 2. The fraction of sp³-hybridized carbons (Fsp3) is 0.156. The minimum Gasteiger partial charge on any atom is -0.370 e. The molecule has 0 unspecified atom stereocenters. The summed E-state index contributed by atoms with van der Waals surface area (Å²) >= 11 is 0. The molecule has 0 bridgehead atoms. The molecule has 2 amide bonds. The molecule has 0 saturated carbocycles. The lowest BCUT2D eigenvalue weighted by Crippen LogP contribution is -2.29. The van der Waals surface area contributed by atoms with Gasteiger partial charge >= 0.3 is 0 Å². The maximum Gasteiger partial charge on any atom is 0.269 e. The molecule has 1 heterocycles. The van der Waals surface area contributed by atoms with Gasteiger partial charge in [-0.25, -0.2) is 0 Å². The lowest BCUT2D eigenvalue weighted by molar-refractivity contribution is -0.384. The van der Waals surface area contributed by atoms with E-state index >= 15 is 0 Å². The number of hydrogen-bond acceptors (Lipinski definition) is 5. The highest BCUT2D eigenvalue weighted by Crippen LogP contribution is 2.24. The first-order chi connectivity index (χ1) is 19.4. The van der Waals surface area contributed by atoms with Gasteiger partial charge in [-0.15, -0.1) is 12.4 Å². The lowest BCUT2D eigenvalue weighted by Gasteiger charge is -2.14. The summed E-state index contributed by atoms with van der Waals surface area (Å²) in [7, 11) is 0. The minimum absolute atomic E-state index is 0. The Balaban J connectivity index is 0.00000387. The fourth-order valence-electron chi connectivity index (χ4n) is 4.72. The maximum atomic E-state index is 12.6. The molecule has 0 spiro atoms. The highest BCUT2D eigenvalue weighted by molar-refractivity contribution is 6.21. The SMILES string of the molecule is Cl.N=C(NCCc1ccc([N+](=O)[O-])cc1)c1ccc(CCc2ccc(CN3C(=O)c4ccccc4C3=O)cc2)cc1. The van der Waals surface area contributed by atoms with Crippen LogP contribution in [0.1, 0.15) is 48.5 Å². The minimum atomic E-state index is -0.416. The predicted octanol–water partition coefficient (Wildman–Crippen LogP) is 5.76.